The molecule has 0 saturated carbocycles. The predicted octanol–water partition coefficient (Wildman–Crippen LogP) is 4.62. The van der Waals surface area contributed by atoms with Crippen LogP contribution in [0.5, 0.6) is 0 Å². The standard InChI is InChI=1S/C21H23Cl4N3O4S/c1-4-26-21(30)13(2)27(11-14-8-9-15(22)10-17(14)24)19(29)12-28(33(3,31)32)18-7-5-6-16(23)20(18)25/h5-10,13H,4,11-12H2,1-3H3,(H,26,30)/t13-/m1/s1. The first-order valence-corrected chi connectivity index (χ1v) is 13.2. The maximum atomic E-state index is 13.4. The third-order valence-corrected chi connectivity index (χ3v) is 7.28. The highest BCUT2D eigenvalue weighted by molar-refractivity contribution is 7.92. The van der Waals surface area contributed by atoms with Gasteiger partial charge in [0.05, 0.1) is 22.0 Å². The molecule has 0 fully saturated rings. The van der Waals surface area contributed by atoms with E-state index in [0.717, 1.165) is 10.6 Å². The maximum Gasteiger partial charge on any atom is 0.244 e. The van der Waals surface area contributed by atoms with E-state index in [4.69, 9.17) is 46.4 Å². The van der Waals surface area contributed by atoms with Gasteiger partial charge in [-0.1, -0.05) is 58.5 Å². The van der Waals surface area contributed by atoms with Crippen LogP contribution in [0.25, 0.3) is 0 Å². The first-order chi connectivity index (χ1) is 15.4. The number of benzene rings is 2. The molecule has 0 aliphatic rings. The van der Waals surface area contributed by atoms with Crippen molar-refractivity contribution in [3.63, 3.8) is 0 Å². The lowest BCUT2D eigenvalue weighted by atomic mass is 10.1. The predicted molar refractivity (Wildman–Crippen MR) is 134 cm³/mol. The Kier molecular flexibility index (Phi) is 9.70. The van der Waals surface area contributed by atoms with Crippen LogP contribution in [0.15, 0.2) is 36.4 Å². The molecule has 2 aromatic rings. The van der Waals surface area contributed by atoms with E-state index in [0.29, 0.717) is 22.2 Å². The second kappa shape index (κ2) is 11.6. The highest BCUT2D eigenvalue weighted by atomic mass is 35.5. The summed E-state index contributed by atoms with van der Waals surface area (Å²) < 4.78 is 25.9. The van der Waals surface area contributed by atoms with Crippen LogP contribution >= 0.6 is 46.4 Å². The zero-order valence-corrected chi connectivity index (χ0v) is 22.0. The molecule has 0 bridgehead atoms. The van der Waals surface area contributed by atoms with Gasteiger partial charge in [0.15, 0.2) is 0 Å². The molecule has 1 N–H and O–H groups in total. The molecule has 12 heteroatoms. The van der Waals surface area contributed by atoms with Crippen molar-refractivity contribution in [2.45, 2.75) is 26.4 Å². The van der Waals surface area contributed by atoms with Gasteiger partial charge in [-0.25, -0.2) is 8.42 Å². The van der Waals surface area contributed by atoms with Crippen molar-refractivity contribution in [3.8, 4) is 0 Å². The van der Waals surface area contributed by atoms with E-state index in [1.165, 1.54) is 29.2 Å². The van der Waals surface area contributed by atoms with Crippen LogP contribution < -0.4 is 9.62 Å². The maximum absolute atomic E-state index is 13.4. The Bertz CT molecular complexity index is 1140. The molecule has 0 spiro atoms. The van der Waals surface area contributed by atoms with Crippen molar-refractivity contribution < 1.29 is 18.0 Å². The van der Waals surface area contributed by atoms with Crippen LogP contribution in [-0.2, 0) is 26.2 Å². The van der Waals surface area contributed by atoms with E-state index in [1.54, 1.807) is 26.0 Å². The minimum absolute atomic E-state index is 0.0125. The van der Waals surface area contributed by atoms with Gasteiger partial charge in [-0.3, -0.25) is 13.9 Å². The third-order valence-electron chi connectivity index (χ3n) is 4.75. The number of nitrogens with zero attached hydrogens (tertiary/aromatic N) is 2. The summed E-state index contributed by atoms with van der Waals surface area (Å²) in [4.78, 5) is 27.2. The van der Waals surface area contributed by atoms with Crippen molar-refractivity contribution in [2.24, 2.45) is 0 Å². The molecule has 7 nitrogen and oxygen atoms in total. The number of carbonyl (C=O) groups is 2. The Morgan fingerprint density at radius 3 is 2.30 bits per heavy atom. The average Bonchev–Trinajstić information content (AvgIpc) is 2.72. The highest BCUT2D eigenvalue weighted by Gasteiger charge is 2.31. The number of carbonyl (C=O) groups excluding carboxylic acids is 2. The van der Waals surface area contributed by atoms with Gasteiger partial charge in [0.2, 0.25) is 21.8 Å². The van der Waals surface area contributed by atoms with Gasteiger partial charge in [0.1, 0.15) is 12.6 Å². The molecule has 1 atom stereocenters. The van der Waals surface area contributed by atoms with Gasteiger partial charge in [0.25, 0.3) is 0 Å². The summed E-state index contributed by atoms with van der Waals surface area (Å²) in [5.41, 5.74) is 0.590. The second-order valence-electron chi connectivity index (χ2n) is 7.17. The van der Waals surface area contributed by atoms with Crippen molar-refractivity contribution in [2.75, 3.05) is 23.7 Å². The molecule has 0 saturated heterocycles. The fraction of sp³-hybridized carbons (Fsp3) is 0.333. The molecule has 180 valence electrons. The number of hydrogen-bond donors (Lipinski definition) is 1. The Hall–Kier alpha value is -1.71. The smallest absolute Gasteiger partial charge is 0.244 e. The van der Waals surface area contributed by atoms with Gasteiger partial charge in [-0.05, 0) is 43.7 Å². The van der Waals surface area contributed by atoms with Crippen molar-refractivity contribution in [1.82, 2.24) is 10.2 Å². The number of nitrogens with one attached hydrogen (secondary N) is 1. The lowest BCUT2D eigenvalue weighted by Gasteiger charge is -2.32. The zero-order chi connectivity index (χ0) is 24.9. The second-order valence-corrected chi connectivity index (χ2v) is 10.7. The molecule has 0 aliphatic heterocycles. The minimum Gasteiger partial charge on any atom is -0.355 e. The summed E-state index contributed by atoms with van der Waals surface area (Å²) in [5.74, 6) is -1.04. The molecule has 2 aromatic carbocycles. The quantitative estimate of drug-likeness (QED) is 0.490. The summed E-state index contributed by atoms with van der Waals surface area (Å²) in [6, 6.07) is 8.31. The average molecular weight is 555 g/mol. The van der Waals surface area contributed by atoms with Crippen LogP contribution in [0.1, 0.15) is 19.4 Å². The fourth-order valence-corrected chi connectivity index (χ4v) is 4.79. The summed E-state index contributed by atoms with van der Waals surface area (Å²) in [5, 5.41) is 3.51. The van der Waals surface area contributed by atoms with Crippen molar-refractivity contribution >= 4 is 73.9 Å². The Morgan fingerprint density at radius 2 is 1.73 bits per heavy atom. The molecule has 0 unspecified atom stereocenters. The molecule has 2 rings (SSSR count). The topological polar surface area (TPSA) is 86.8 Å². The first-order valence-electron chi connectivity index (χ1n) is 9.79. The van der Waals surface area contributed by atoms with E-state index in [1.807, 2.05) is 0 Å². The summed E-state index contributed by atoms with van der Waals surface area (Å²) in [6.45, 7) is 3.01. The van der Waals surface area contributed by atoms with Gasteiger partial charge in [-0.15, -0.1) is 0 Å². The molecule has 0 aliphatic carbocycles. The number of likely N-dealkylation sites (N-methyl/N-ethyl adjacent to an activating group) is 1. The molecular formula is C21H23Cl4N3O4S. The van der Waals surface area contributed by atoms with Crippen molar-refractivity contribution in [3.05, 3.63) is 62.1 Å². The minimum atomic E-state index is -3.93. The Balaban J connectivity index is 2.46. The molecule has 0 heterocycles. The van der Waals surface area contributed by atoms with Gasteiger partial charge in [-0.2, -0.15) is 0 Å². The molecule has 0 aromatic heterocycles. The first kappa shape index (κ1) is 27.5. The Morgan fingerprint density at radius 1 is 1.06 bits per heavy atom. The number of halogens is 4. The van der Waals surface area contributed by atoms with Crippen molar-refractivity contribution in [1.29, 1.82) is 0 Å². The molecule has 33 heavy (non-hydrogen) atoms. The van der Waals surface area contributed by atoms with E-state index in [-0.39, 0.29) is 22.3 Å². The van der Waals surface area contributed by atoms with E-state index < -0.39 is 34.4 Å². The van der Waals surface area contributed by atoms with Crippen LogP contribution in [0.3, 0.4) is 0 Å². The zero-order valence-electron chi connectivity index (χ0n) is 18.1. The number of amides is 2. The fourth-order valence-electron chi connectivity index (χ4n) is 3.02. The van der Waals surface area contributed by atoms with Crippen LogP contribution in [0.2, 0.25) is 20.1 Å². The number of rotatable bonds is 9. The third kappa shape index (κ3) is 7.13. The van der Waals surface area contributed by atoms with Crippen LogP contribution in [-0.4, -0.2) is 50.5 Å². The number of hydrogen-bond acceptors (Lipinski definition) is 4. The summed E-state index contributed by atoms with van der Waals surface area (Å²) >= 11 is 24.5. The van der Waals surface area contributed by atoms with Gasteiger partial charge >= 0.3 is 0 Å². The van der Waals surface area contributed by atoms with Crippen LogP contribution in [0, 0.1) is 0 Å². The lowest BCUT2D eigenvalue weighted by Crippen LogP contribution is -2.51. The largest absolute Gasteiger partial charge is 0.355 e. The van der Waals surface area contributed by atoms with Gasteiger partial charge in [0, 0.05) is 23.1 Å². The van der Waals surface area contributed by atoms with E-state index in [9.17, 15) is 18.0 Å². The van der Waals surface area contributed by atoms with Crippen LogP contribution in [0.4, 0.5) is 5.69 Å². The monoisotopic (exact) mass is 553 g/mol. The summed E-state index contributed by atoms with van der Waals surface area (Å²) in [7, 11) is -3.93. The SMILES string of the molecule is CCNC(=O)[C@@H](C)N(Cc1ccc(Cl)cc1Cl)C(=O)CN(c1cccc(Cl)c1Cl)S(C)(=O)=O. The highest BCUT2D eigenvalue weighted by Crippen LogP contribution is 2.34. The normalized spacial score (nSPS) is 12.2. The summed E-state index contributed by atoms with van der Waals surface area (Å²) in [6.07, 6.45) is 0.950. The van der Waals surface area contributed by atoms with Gasteiger partial charge < -0.3 is 10.2 Å². The number of sulfonamides is 1. The Labute approximate surface area is 213 Å². The number of anilines is 1. The van der Waals surface area contributed by atoms with E-state index in [2.05, 4.69) is 5.32 Å². The lowest BCUT2D eigenvalue weighted by molar-refractivity contribution is -0.139. The molecule has 0 radical (unpaired) electrons. The van der Waals surface area contributed by atoms with E-state index >= 15 is 0 Å². The molecular weight excluding hydrogens is 532 g/mol. The molecule has 2 amide bonds.